The zero-order valence-electron chi connectivity index (χ0n) is 9.96. The number of hydrogen-bond acceptors (Lipinski definition) is 4. The SMILES string of the molecule is O=C(CN1CCC[C@H]1C(=O)O)NCc1cccs1. The highest BCUT2D eigenvalue weighted by Crippen LogP contribution is 2.16. The summed E-state index contributed by atoms with van der Waals surface area (Å²) in [5.41, 5.74) is 0. The molecule has 1 aromatic heterocycles. The molecule has 2 rings (SSSR count). The van der Waals surface area contributed by atoms with Crippen molar-refractivity contribution in [1.82, 2.24) is 10.2 Å². The Bertz CT molecular complexity index is 419. The monoisotopic (exact) mass is 268 g/mol. The molecule has 1 saturated heterocycles. The molecule has 2 heterocycles. The van der Waals surface area contributed by atoms with Crippen LogP contribution < -0.4 is 5.32 Å². The molecule has 1 atom stereocenters. The van der Waals surface area contributed by atoms with Gasteiger partial charge in [0.05, 0.1) is 13.1 Å². The Hall–Kier alpha value is -1.40. The predicted octanol–water partition coefficient (Wildman–Crippen LogP) is 0.913. The van der Waals surface area contributed by atoms with E-state index < -0.39 is 12.0 Å². The molecule has 6 heteroatoms. The normalized spacial score (nSPS) is 19.9. The molecule has 0 radical (unpaired) electrons. The number of hydrogen-bond donors (Lipinski definition) is 2. The third-order valence-electron chi connectivity index (χ3n) is 3.04. The van der Waals surface area contributed by atoms with Crippen LogP contribution in [0.3, 0.4) is 0 Å². The number of rotatable bonds is 5. The molecule has 1 aliphatic heterocycles. The third kappa shape index (κ3) is 3.30. The Morgan fingerprint density at radius 3 is 3.06 bits per heavy atom. The summed E-state index contributed by atoms with van der Waals surface area (Å²) in [6.45, 7) is 1.37. The topological polar surface area (TPSA) is 69.6 Å². The van der Waals surface area contributed by atoms with Gasteiger partial charge in [-0.15, -0.1) is 11.3 Å². The Kier molecular flexibility index (Phi) is 4.33. The van der Waals surface area contributed by atoms with Crippen LogP contribution in [0.2, 0.25) is 0 Å². The van der Waals surface area contributed by atoms with Gasteiger partial charge in [0, 0.05) is 4.88 Å². The number of carbonyl (C=O) groups is 2. The standard InChI is InChI=1S/C12H16N2O3S/c15-11(13-7-9-3-2-6-18-9)8-14-5-1-4-10(14)12(16)17/h2-3,6,10H,1,4-5,7-8H2,(H,13,15)(H,16,17)/t10-/m0/s1. The number of nitrogens with one attached hydrogen (secondary N) is 1. The second-order valence-corrected chi connectivity index (χ2v) is 5.36. The van der Waals surface area contributed by atoms with Crippen molar-refractivity contribution in [2.24, 2.45) is 0 Å². The van der Waals surface area contributed by atoms with E-state index in [4.69, 9.17) is 5.11 Å². The quantitative estimate of drug-likeness (QED) is 0.833. The Balaban J connectivity index is 1.78. The molecular weight excluding hydrogens is 252 g/mol. The second-order valence-electron chi connectivity index (χ2n) is 4.32. The lowest BCUT2D eigenvalue weighted by atomic mass is 10.2. The average molecular weight is 268 g/mol. The summed E-state index contributed by atoms with van der Waals surface area (Å²) >= 11 is 1.59. The minimum atomic E-state index is -0.835. The van der Waals surface area contributed by atoms with E-state index >= 15 is 0 Å². The van der Waals surface area contributed by atoms with Gasteiger partial charge in [0.1, 0.15) is 6.04 Å². The van der Waals surface area contributed by atoms with Crippen molar-refractivity contribution in [3.63, 3.8) is 0 Å². The molecule has 1 amide bonds. The van der Waals surface area contributed by atoms with E-state index in [0.29, 0.717) is 19.5 Å². The molecule has 1 aromatic rings. The van der Waals surface area contributed by atoms with E-state index in [9.17, 15) is 9.59 Å². The molecule has 2 N–H and O–H groups in total. The van der Waals surface area contributed by atoms with Gasteiger partial charge in [0.15, 0.2) is 0 Å². The van der Waals surface area contributed by atoms with Crippen LogP contribution in [0.15, 0.2) is 17.5 Å². The van der Waals surface area contributed by atoms with Gasteiger partial charge >= 0.3 is 5.97 Å². The molecule has 0 aliphatic carbocycles. The summed E-state index contributed by atoms with van der Waals surface area (Å²) in [6.07, 6.45) is 1.47. The van der Waals surface area contributed by atoms with Gasteiger partial charge < -0.3 is 10.4 Å². The number of likely N-dealkylation sites (tertiary alicyclic amines) is 1. The summed E-state index contributed by atoms with van der Waals surface area (Å²) in [7, 11) is 0. The zero-order valence-corrected chi connectivity index (χ0v) is 10.8. The molecule has 0 saturated carbocycles. The minimum Gasteiger partial charge on any atom is -0.480 e. The maximum absolute atomic E-state index is 11.7. The number of nitrogens with zero attached hydrogens (tertiary/aromatic N) is 1. The molecule has 0 aromatic carbocycles. The number of thiophene rings is 1. The van der Waals surface area contributed by atoms with Crippen LogP contribution in [-0.4, -0.2) is 41.0 Å². The maximum Gasteiger partial charge on any atom is 0.320 e. The molecule has 18 heavy (non-hydrogen) atoms. The molecule has 0 unspecified atom stereocenters. The second kappa shape index (κ2) is 5.97. The first-order valence-corrected chi connectivity index (χ1v) is 6.80. The summed E-state index contributed by atoms with van der Waals surface area (Å²) in [4.78, 5) is 25.5. The van der Waals surface area contributed by atoms with Crippen molar-refractivity contribution in [2.45, 2.75) is 25.4 Å². The molecule has 0 bridgehead atoms. The highest BCUT2D eigenvalue weighted by Gasteiger charge is 2.31. The fraction of sp³-hybridized carbons (Fsp3) is 0.500. The number of carboxylic acids is 1. The average Bonchev–Trinajstić information content (AvgIpc) is 2.96. The number of amides is 1. The van der Waals surface area contributed by atoms with Gasteiger partial charge in [0.25, 0.3) is 0 Å². The largest absolute Gasteiger partial charge is 0.480 e. The Labute approximate surface area is 109 Å². The van der Waals surface area contributed by atoms with E-state index in [1.165, 1.54) is 0 Å². The molecule has 1 aliphatic rings. The summed E-state index contributed by atoms with van der Waals surface area (Å²) in [5.74, 6) is -0.949. The van der Waals surface area contributed by atoms with Gasteiger partial charge in [-0.2, -0.15) is 0 Å². The molecule has 98 valence electrons. The van der Waals surface area contributed by atoms with Crippen LogP contribution in [-0.2, 0) is 16.1 Å². The fourth-order valence-electron chi connectivity index (χ4n) is 2.13. The molecular formula is C12H16N2O3S. The van der Waals surface area contributed by atoms with Crippen molar-refractivity contribution in [1.29, 1.82) is 0 Å². The lowest BCUT2D eigenvalue weighted by molar-refractivity contribution is -0.142. The van der Waals surface area contributed by atoms with E-state index in [2.05, 4.69) is 5.32 Å². The first-order valence-electron chi connectivity index (χ1n) is 5.93. The van der Waals surface area contributed by atoms with Crippen LogP contribution in [0.5, 0.6) is 0 Å². The van der Waals surface area contributed by atoms with Crippen molar-refractivity contribution < 1.29 is 14.7 Å². The lowest BCUT2D eigenvalue weighted by Gasteiger charge is -2.20. The summed E-state index contributed by atoms with van der Waals surface area (Å²) in [6, 6.07) is 3.39. The smallest absolute Gasteiger partial charge is 0.320 e. The van der Waals surface area contributed by atoms with Crippen LogP contribution >= 0.6 is 11.3 Å². The zero-order chi connectivity index (χ0) is 13.0. The maximum atomic E-state index is 11.7. The van der Waals surface area contributed by atoms with Gasteiger partial charge in [0.2, 0.25) is 5.91 Å². The van der Waals surface area contributed by atoms with Crippen LogP contribution in [0.1, 0.15) is 17.7 Å². The van der Waals surface area contributed by atoms with E-state index in [1.807, 2.05) is 17.5 Å². The fourth-order valence-corrected chi connectivity index (χ4v) is 2.78. The lowest BCUT2D eigenvalue weighted by Crippen LogP contribution is -2.42. The summed E-state index contributed by atoms with van der Waals surface area (Å²) < 4.78 is 0. The Morgan fingerprint density at radius 2 is 2.39 bits per heavy atom. The van der Waals surface area contributed by atoms with Crippen molar-refractivity contribution in [3.05, 3.63) is 22.4 Å². The summed E-state index contributed by atoms with van der Waals surface area (Å²) in [5, 5.41) is 13.8. The van der Waals surface area contributed by atoms with Crippen LogP contribution in [0.25, 0.3) is 0 Å². The van der Waals surface area contributed by atoms with Crippen LogP contribution in [0, 0.1) is 0 Å². The van der Waals surface area contributed by atoms with E-state index in [0.717, 1.165) is 11.3 Å². The van der Waals surface area contributed by atoms with Crippen LogP contribution in [0.4, 0.5) is 0 Å². The van der Waals surface area contributed by atoms with Crippen molar-refractivity contribution in [2.75, 3.05) is 13.1 Å². The van der Waals surface area contributed by atoms with Gasteiger partial charge in [-0.25, -0.2) is 0 Å². The first-order chi connectivity index (χ1) is 8.66. The Morgan fingerprint density at radius 1 is 1.56 bits per heavy atom. The van der Waals surface area contributed by atoms with Gasteiger partial charge in [-0.3, -0.25) is 14.5 Å². The van der Waals surface area contributed by atoms with Gasteiger partial charge in [-0.05, 0) is 30.8 Å². The molecule has 5 nitrogen and oxygen atoms in total. The predicted molar refractivity (Wildman–Crippen MR) is 68.4 cm³/mol. The van der Waals surface area contributed by atoms with Crippen molar-refractivity contribution >= 4 is 23.2 Å². The highest BCUT2D eigenvalue weighted by molar-refractivity contribution is 7.09. The number of aliphatic carboxylic acids is 1. The number of carboxylic acid groups (broad SMARTS) is 1. The highest BCUT2D eigenvalue weighted by atomic mass is 32.1. The molecule has 1 fully saturated rings. The van der Waals surface area contributed by atoms with Crippen molar-refractivity contribution in [3.8, 4) is 0 Å². The number of carbonyl (C=O) groups excluding carboxylic acids is 1. The van der Waals surface area contributed by atoms with Gasteiger partial charge in [-0.1, -0.05) is 6.07 Å². The van der Waals surface area contributed by atoms with E-state index in [1.54, 1.807) is 16.2 Å². The van der Waals surface area contributed by atoms with E-state index in [-0.39, 0.29) is 12.5 Å². The third-order valence-corrected chi connectivity index (χ3v) is 3.91. The first kappa shape index (κ1) is 13.0. The minimum absolute atomic E-state index is 0.114. The molecule has 0 spiro atoms.